The lowest BCUT2D eigenvalue weighted by molar-refractivity contribution is -0.118. The number of aromatic nitrogens is 2. The molecule has 0 unspecified atom stereocenters. The highest BCUT2D eigenvalue weighted by Crippen LogP contribution is 2.10. The molecular formula is C8H13N5O3. The number of nitrogen functional groups attached to an aromatic ring is 1. The van der Waals surface area contributed by atoms with Crippen LogP contribution in [-0.4, -0.2) is 54.0 Å². The number of rotatable bonds is 3. The van der Waals surface area contributed by atoms with Gasteiger partial charge in [-0.25, -0.2) is 4.63 Å². The van der Waals surface area contributed by atoms with Crippen LogP contribution in [0.2, 0.25) is 0 Å². The van der Waals surface area contributed by atoms with Gasteiger partial charge in [0.15, 0.2) is 0 Å². The van der Waals surface area contributed by atoms with E-state index in [1.807, 2.05) is 4.90 Å². The van der Waals surface area contributed by atoms with E-state index in [9.17, 15) is 4.79 Å². The maximum atomic E-state index is 11.6. The lowest BCUT2D eigenvalue weighted by Gasteiger charge is -2.25. The zero-order valence-corrected chi connectivity index (χ0v) is 8.68. The molecule has 1 amide bonds. The molecule has 1 fully saturated rings. The lowest BCUT2D eigenvalue weighted by atomic mass is 10.4. The second-order valence-electron chi connectivity index (χ2n) is 3.43. The van der Waals surface area contributed by atoms with Crippen molar-refractivity contribution < 1.29 is 14.2 Å². The molecule has 8 heteroatoms. The van der Waals surface area contributed by atoms with Gasteiger partial charge >= 0.3 is 0 Å². The second kappa shape index (κ2) is 4.90. The van der Waals surface area contributed by atoms with Crippen molar-refractivity contribution >= 4 is 17.5 Å². The number of ether oxygens (including phenoxy) is 1. The molecule has 0 aliphatic carbocycles. The standard InChI is InChI=1S/C8H13N5O3/c9-7-8(12-16-11-7)10-6(14)5-13-1-3-15-4-2-13/h1-5H2,(H2,9,11)(H,10,12,14). The number of hydrogen-bond acceptors (Lipinski definition) is 7. The molecule has 0 saturated carbocycles. The Morgan fingerprint density at radius 1 is 1.44 bits per heavy atom. The Morgan fingerprint density at radius 3 is 2.81 bits per heavy atom. The van der Waals surface area contributed by atoms with Gasteiger partial charge in [0.25, 0.3) is 0 Å². The van der Waals surface area contributed by atoms with E-state index in [0.29, 0.717) is 13.2 Å². The Hall–Kier alpha value is -1.67. The normalized spacial score (nSPS) is 17.2. The van der Waals surface area contributed by atoms with Gasteiger partial charge in [0, 0.05) is 13.1 Å². The molecule has 2 rings (SSSR count). The molecule has 0 aromatic carbocycles. The molecule has 0 atom stereocenters. The highest BCUT2D eigenvalue weighted by atomic mass is 16.6. The topological polar surface area (TPSA) is 107 Å². The van der Waals surface area contributed by atoms with Gasteiger partial charge in [-0.2, -0.15) is 0 Å². The Bertz CT molecular complexity index is 360. The summed E-state index contributed by atoms with van der Waals surface area (Å²) in [5.41, 5.74) is 5.41. The molecule has 16 heavy (non-hydrogen) atoms. The van der Waals surface area contributed by atoms with Gasteiger partial charge in [-0.3, -0.25) is 9.69 Å². The average molecular weight is 227 g/mol. The van der Waals surface area contributed by atoms with E-state index >= 15 is 0 Å². The van der Waals surface area contributed by atoms with Crippen molar-refractivity contribution in [3.8, 4) is 0 Å². The van der Waals surface area contributed by atoms with Crippen LogP contribution in [-0.2, 0) is 9.53 Å². The third kappa shape index (κ3) is 2.67. The van der Waals surface area contributed by atoms with Crippen molar-refractivity contribution in [3.05, 3.63) is 0 Å². The maximum Gasteiger partial charge on any atom is 0.239 e. The molecule has 1 aliphatic rings. The average Bonchev–Trinajstić information content (AvgIpc) is 2.66. The fraction of sp³-hybridized carbons (Fsp3) is 0.625. The van der Waals surface area contributed by atoms with E-state index in [0.717, 1.165) is 13.1 Å². The van der Waals surface area contributed by atoms with E-state index in [1.54, 1.807) is 0 Å². The van der Waals surface area contributed by atoms with Gasteiger partial charge in [0.05, 0.1) is 19.8 Å². The maximum absolute atomic E-state index is 11.6. The minimum Gasteiger partial charge on any atom is -0.379 e. The number of hydrogen-bond donors (Lipinski definition) is 2. The molecule has 0 radical (unpaired) electrons. The summed E-state index contributed by atoms with van der Waals surface area (Å²) in [5.74, 6) is 0.0536. The monoisotopic (exact) mass is 227 g/mol. The molecule has 88 valence electrons. The zero-order valence-electron chi connectivity index (χ0n) is 8.68. The van der Waals surface area contributed by atoms with Crippen LogP contribution in [0.25, 0.3) is 0 Å². The summed E-state index contributed by atoms with van der Waals surface area (Å²) in [6.45, 7) is 3.09. The van der Waals surface area contributed by atoms with Crippen molar-refractivity contribution in [2.75, 3.05) is 43.9 Å². The van der Waals surface area contributed by atoms with Crippen molar-refractivity contribution in [3.63, 3.8) is 0 Å². The Morgan fingerprint density at radius 2 is 2.19 bits per heavy atom. The number of nitrogens with two attached hydrogens (primary N) is 1. The van der Waals surface area contributed by atoms with Gasteiger partial charge in [-0.1, -0.05) is 0 Å². The summed E-state index contributed by atoms with van der Waals surface area (Å²) in [6.07, 6.45) is 0. The summed E-state index contributed by atoms with van der Waals surface area (Å²) in [4.78, 5) is 13.6. The zero-order chi connectivity index (χ0) is 11.4. The van der Waals surface area contributed by atoms with E-state index in [1.165, 1.54) is 0 Å². The number of anilines is 2. The third-order valence-electron chi connectivity index (χ3n) is 2.24. The van der Waals surface area contributed by atoms with Gasteiger partial charge in [-0.05, 0) is 10.3 Å². The molecular weight excluding hydrogens is 214 g/mol. The SMILES string of the molecule is Nc1nonc1NC(=O)CN1CCOCC1. The first kappa shape index (κ1) is 10.8. The Balaban J connectivity index is 1.82. The highest BCUT2D eigenvalue weighted by Gasteiger charge is 2.16. The fourth-order valence-corrected chi connectivity index (χ4v) is 1.42. The van der Waals surface area contributed by atoms with Crippen LogP contribution in [0, 0.1) is 0 Å². The fourth-order valence-electron chi connectivity index (χ4n) is 1.42. The molecule has 3 N–H and O–H groups in total. The smallest absolute Gasteiger partial charge is 0.239 e. The van der Waals surface area contributed by atoms with Gasteiger partial charge in [-0.15, -0.1) is 0 Å². The van der Waals surface area contributed by atoms with Gasteiger partial charge in [0.1, 0.15) is 0 Å². The first-order valence-corrected chi connectivity index (χ1v) is 4.93. The highest BCUT2D eigenvalue weighted by molar-refractivity contribution is 5.93. The number of nitrogens with one attached hydrogen (secondary N) is 1. The molecule has 8 nitrogen and oxygen atoms in total. The second-order valence-corrected chi connectivity index (χ2v) is 3.43. The lowest BCUT2D eigenvalue weighted by Crippen LogP contribution is -2.41. The van der Waals surface area contributed by atoms with Crippen LogP contribution in [0.4, 0.5) is 11.6 Å². The first-order chi connectivity index (χ1) is 7.75. The number of amides is 1. The first-order valence-electron chi connectivity index (χ1n) is 4.93. The van der Waals surface area contributed by atoms with Gasteiger partial charge in [0.2, 0.25) is 17.5 Å². The third-order valence-corrected chi connectivity index (χ3v) is 2.24. The van der Waals surface area contributed by atoms with Crippen molar-refractivity contribution in [2.24, 2.45) is 0 Å². The molecule has 1 aliphatic heterocycles. The van der Waals surface area contributed by atoms with E-state index in [2.05, 4.69) is 20.3 Å². The van der Waals surface area contributed by atoms with E-state index < -0.39 is 0 Å². The molecule has 1 saturated heterocycles. The quantitative estimate of drug-likeness (QED) is 0.676. The van der Waals surface area contributed by atoms with E-state index in [4.69, 9.17) is 10.5 Å². The minimum atomic E-state index is -0.190. The van der Waals surface area contributed by atoms with Crippen LogP contribution in [0.3, 0.4) is 0 Å². The van der Waals surface area contributed by atoms with Crippen molar-refractivity contribution in [1.29, 1.82) is 0 Å². The predicted octanol–water partition coefficient (Wildman–Crippen LogP) is -1.08. The minimum absolute atomic E-state index is 0.0790. The summed E-state index contributed by atoms with van der Waals surface area (Å²) in [5, 5.41) is 9.35. The number of carbonyl (C=O) groups excluding carboxylic acids is 1. The van der Waals surface area contributed by atoms with Crippen LogP contribution in [0.5, 0.6) is 0 Å². The largest absolute Gasteiger partial charge is 0.379 e. The predicted molar refractivity (Wildman–Crippen MR) is 54.6 cm³/mol. The van der Waals surface area contributed by atoms with Crippen molar-refractivity contribution in [2.45, 2.75) is 0 Å². The number of carbonyl (C=O) groups is 1. The summed E-state index contributed by atoms with van der Waals surface area (Å²) < 4.78 is 9.54. The summed E-state index contributed by atoms with van der Waals surface area (Å²) >= 11 is 0. The summed E-state index contributed by atoms with van der Waals surface area (Å²) in [6, 6.07) is 0. The molecule has 1 aromatic rings. The van der Waals surface area contributed by atoms with Crippen LogP contribution in [0.15, 0.2) is 4.63 Å². The molecule has 0 bridgehead atoms. The number of nitrogens with zero attached hydrogens (tertiary/aromatic N) is 3. The van der Waals surface area contributed by atoms with Crippen LogP contribution >= 0.6 is 0 Å². The van der Waals surface area contributed by atoms with E-state index in [-0.39, 0.29) is 24.1 Å². The molecule has 1 aromatic heterocycles. The Labute approximate surface area is 91.7 Å². The molecule has 0 spiro atoms. The molecule has 2 heterocycles. The summed E-state index contributed by atoms with van der Waals surface area (Å²) in [7, 11) is 0. The van der Waals surface area contributed by atoms with Crippen LogP contribution < -0.4 is 11.1 Å². The van der Waals surface area contributed by atoms with Crippen LogP contribution in [0.1, 0.15) is 0 Å². The van der Waals surface area contributed by atoms with Crippen molar-refractivity contribution in [1.82, 2.24) is 15.2 Å². The number of morpholine rings is 1. The van der Waals surface area contributed by atoms with Gasteiger partial charge < -0.3 is 15.8 Å². The Kier molecular flexibility index (Phi) is 3.32.